The zero-order chi connectivity index (χ0) is 19.8. The van der Waals surface area contributed by atoms with Crippen molar-refractivity contribution in [3.8, 4) is 5.75 Å². The molecule has 14 heteroatoms. The number of hydrogen-bond donors (Lipinski definition) is 1. The largest absolute Gasteiger partial charge is 0.429 e. The predicted molar refractivity (Wildman–Crippen MR) is 66.5 cm³/mol. The SMILES string of the molecule is O=C(NC(C(F)(F)F)(C(F)(F)F)C(F)(F)F)Oc1ccc(Cl)cc1Cl. The molecular formula is C11H4Cl2F9NO2. The van der Waals surface area contributed by atoms with E-state index in [0.29, 0.717) is 0 Å². The first-order valence-corrected chi connectivity index (χ1v) is 6.44. The maximum Gasteiger partial charge on any atom is 0.429 e. The number of carbonyl (C=O) groups excluding carboxylic acids is 1. The van der Waals surface area contributed by atoms with Gasteiger partial charge in [-0.2, -0.15) is 39.5 Å². The number of benzene rings is 1. The Bertz CT molecular complexity index is 618. The third-order valence-corrected chi connectivity index (χ3v) is 3.19. The maximum absolute atomic E-state index is 12.6. The van der Waals surface area contributed by atoms with Crippen LogP contribution in [0.25, 0.3) is 0 Å². The first kappa shape index (κ1) is 21.5. The van der Waals surface area contributed by atoms with Gasteiger partial charge in [-0.15, -0.1) is 0 Å². The molecule has 0 radical (unpaired) electrons. The number of ether oxygens (including phenoxy) is 1. The zero-order valence-corrected chi connectivity index (χ0v) is 12.7. The molecule has 0 heterocycles. The Labute approximate surface area is 142 Å². The Kier molecular flexibility index (Phi) is 5.70. The van der Waals surface area contributed by atoms with Crippen LogP contribution < -0.4 is 10.1 Å². The van der Waals surface area contributed by atoms with Gasteiger partial charge in [0.05, 0.1) is 5.02 Å². The Hall–Kier alpha value is -1.56. The van der Waals surface area contributed by atoms with Crippen LogP contribution in [0.3, 0.4) is 0 Å². The van der Waals surface area contributed by atoms with E-state index in [9.17, 15) is 44.3 Å². The highest BCUT2D eigenvalue weighted by Crippen LogP contribution is 2.52. The fourth-order valence-electron chi connectivity index (χ4n) is 1.53. The van der Waals surface area contributed by atoms with E-state index in [1.54, 1.807) is 0 Å². The Balaban J connectivity index is 3.28. The van der Waals surface area contributed by atoms with Gasteiger partial charge in [-0.25, -0.2) is 4.79 Å². The van der Waals surface area contributed by atoms with Gasteiger partial charge in [-0.3, -0.25) is 5.32 Å². The van der Waals surface area contributed by atoms with Crippen molar-refractivity contribution in [3.63, 3.8) is 0 Å². The molecule has 1 aromatic carbocycles. The van der Waals surface area contributed by atoms with E-state index >= 15 is 0 Å². The summed E-state index contributed by atoms with van der Waals surface area (Å²) in [6, 6.07) is 2.61. The minimum Gasteiger partial charge on any atom is -0.409 e. The van der Waals surface area contributed by atoms with Crippen LogP contribution in [0.2, 0.25) is 10.0 Å². The van der Waals surface area contributed by atoms with Gasteiger partial charge in [0.15, 0.2) is 5.75 Å². The highest BCUT2D eigenvalue weighted by Gasteiger charge is 2.85. The van der Waals surface area contributed by atoms with Crippen molar-refractivity contribution in [2.24, 2.45) is 0 Å². The van der Waals surface area contributed by atoms with Crippen LogP contribution in [0.15, 0.2) is 18.2 Å². The standard InChI is InChI=1S/C11H4Cl2F9NO2/c12-4-1-2-6(5(13)3-4)25-7(24)23-8(9(14,15)16,10(17,18)19)11(20,21)22/h1-3H,(H,23,24). The van der Waals surface area contributed by atoms with Gasteiger partial charge in [-0.05, 0) is 18.2 Å². The lowest BCUT2D eigenvalue weighted by Crippen LogP contribution is -2.75. The fourth-order valence-corrected chi connectivity index (χ4v) is 1.98. The molecule has 0 bridgehead atoms. The summed E-state index contributed by atoms with van der Waals surface area (Å²) in [5.41, 5.74) is -6.54. The lowest BCUT2D eigenvalue weighted by molar-refractivity contribution is -0.386. The van der Waals surface area contributed by atoms with Crippen molar-refractivity contribution < 1.29 is 49.0 Å². The molecule has 1 N–H and O–H groups in total. The topological polar surface area (TPSA) is 38.3 Å². The molecule has 25 heavy (non-hydrogen) atoms. The monoisotopic (exact) mass is 423 g/mol. The van der Waals surface area contributed by atoms with Crippen LogP contribution in [0.4, 0.5) is 44.3 Å². The summed E-state index contributed by atoms with van der Waals surface area (Å²) in [5, 5.41) is -0.778. The summed E-state index contributed by atoms with van der Waals surface area (Å²) in [5.74, 6) is -0.816. The average Bonchev–Trinajstić information content (AvgIpc) is 2.34. The molecule has 0 atom stereocenters. The summed E-state index contributed by atoms with van der Waals surface area (Å²) < 4.78 is 118. The number of alkyl halides is 9. The normalized spacial score (nSPS) is 13.6. The first-order chi connectivity index (χ1) is 11.0. The van der Waals surface area contributed by atoms with Gasteiger partial charge >= 0.3 is 30.2 Å². The van der Waals surface area contributed by atoms with Crippen molar-refractivity contribution in [1.29, 1.82) is 0 Å². The molecule has 0 aliphatic heterocycles. The fraction of sp³-hybridized carbons (Fsp3) is 0.364. The van der Waals surface area contributed by atoms with Gasteiger partial charge in [-0.1, -0.05) is 23.2 Å². The van der Waals surface area contributed by atoms with E-state index in [1.807, 2.05) is 0 Å². The van der Waals surface area contributed by atoms with E-state index in [0.717, 1.165) is 18.2 Å². The van der Waals surface area contributed by atoms with Crippen LogP contribution in [-0.4, -0.2) is 30.2 Å². The molecule has 0 aliphatic carbocycles. The zero-order valence-electron chi connectivity index (χ0n) is 11.2. The van der Waals surface area contributed by atoms with E-state index in [1.165, 1.54) is 0 Å². The van der Waals surface area contributed by atoms with Crippen molar-refractivity contribution >= 4 is 29.3 Å². The van der Waals surface area contributed by atoms with E-state index < -0.39 is 40.9 Å². The molecule has 0 spiro atoms. The lowest BCUT2D eigenvalue weighted by atomic mass is 9.97. The van der Waals surface area contributed by atoms with Crippen molar-refractivity contribution in [1.82, 2.24) is 5.32 Å². The molecule has 0 fully saturated rings. The molecule has 1 amide bonds. The van der Waals surface area contributed by atoms with Gasteiger partial charge in [0, 0.05) is 5.02 Å². The first-order valence-electron chi connectivity index (χ1n) is 5.68. The van der Waals surface area contributed by atoms with Crippen molar-refractivity contribution in [3.05, 3.63) is 28.2 Å². The van der Waals surface area contributed by atoms with E-state index in [4.69, 9.17) is 23.2 Å². The number of rotatable bonds is 2. The molecule has 0 saturated carbocycles. The maximum atomic E-state index is 12.6. The molecule has 142 valence electrons. The molecule has 0 saturated heterocycles. The quantitative estimate of drug-likeness (QED) is 0.637. The Morgan fingerprint density at radius 1 is 0.880 bits per heavy atom. The van der Waals surface area contributed by atoms with Crippen LogP contribution in [0.5, 0.6) is 5.75 Å². The average molecular weight is 424 g/mol. The van der Waals surface area contributed by atoms with Gasteiger partial charge in [0.1, 0.15) is 0 Å². The summed E-state index contributed by atoms with van der Waals surface area (Å²) >= 11 is 10.9. The van der Waals surface area contributed by atoms with Crippen LogP contribution in [0.1, 0.15) is 0 Å². The van der Waals surface area contributed by atoms with Crippen LogP contribution >= 0.6 is 23.2 Å². The van der Waals surface area contributed by atoms with E-state index in [2.05, 4.69) is 4.74 Å². The molecule has 0 aromatic heterocycles. The van der Waals surface area contributed by atoms with Crippen molar-refractivity contribution in [2.45, 2.75) is 24.1 Å². The second-order valence-corrected chi connectivity index (χ2v) is 5.18. The molecule has 3 nitrogen and oxygen atoms in total. The summed E-state index contributed by atoms with van der Waals surface area (Å²) in [7, 11) is 0. The predicted octanol–water partition coefficient (Wildman–Crippen LogP) is 5.51. The van der Waals surface area contributed by atoms with Crippen LogP contribution in [-0.2, 0) is 0 Å². The summed E-state index contributed by atoms with van der Waals surface area (Å²) in [6.07, 6.45) is -23.6. The number of amides is 1. The summed E-state index contributed by atoms with van der Waals surface area (Å²) in [4.78, 5) is 11.3. The minimum absolute atomic E-state index is 0.0482. The molecule has 1 aromatic rings. The lowest BCUT2D eigenvalue weighted by Gasteiger charge is -2.38. The molecule has 1 rings (SSSR count). The van der Waals surface area contributed by atoms with Gasteiger partial charge < -0.3 is 4.74 Å². The third-order valence-electron chi connectivity index (χ3n) is 2.66. The Morgan fingerprint density at radius 3 is 1.68 bits per heavy atom. The number of halogens is 11. The number of carbonyl (C=O) groups is 1. The second kappa shape index (κ2) is 6.63. The number of nitrogens with one attached hydrogen (secondary N) is 1. The van der Waals surface area contributed by atoms with Crippen molar-refractivity contribution in [2.75, 3.05) is 0 Å². The van der Waals surface area contributed by atoms with E-state index in [-0.39, 0.29) is 10.3 Å². The molecular weight excluding hydrogens is 420 g/mol. The molecule has 0 aliphatic rings. The summed E-state index contributed by atoms with van der Waals surface area (Å²) in [6.45, 7) is 0. The highest BCUT2D eigenvalue weighted by atomic mass is 35.5. The Morgan fingerprint density at radius 2 is 1.32 bits per heavy atom. The van der Waals surface area contributed by atoms with Crippen LogP contribution in [0, 0.1) is 0 Å². The molecule has 0 unspecified atom stereocenters. The third kappa shape index (κ3) is 4.17. The second-order valence-electron chi connectivity index (χ2n) is 4.33. The highest BCUT2D eigenvalue weighted by molar-refractivity contribution is 6.35. The van der Waals surface area contributed by atoms with Gasteiger partial charge in [0.25, 0.3) is 0 Å². The minimum atomic E-state index is -6.97. The smallest absolute Gasteiger partial charge is 0.409 e. The number of hydrogen-bond acceptors (Lipinski definition) is 2. The van der Waals surface area contributed by atoms with Gasteiger partial charge in [0.2, 0.25) is 0 Å².